The van der Waals surface area contributed by atoms with Gasteiger partial charge in [0.15, 0.2) is 0 Å². The fourth-order valence-corrected chi connectivity index (χ4v) is 7.66. The summed E-state index contributed by atoms with van der Waals surface area (Å²) in [6.45, 7) is 2.25. The molecule has 0 bridgehead atoms. The van der Waals surface area contributed by atoms with Gasteiger partial charge in [-0.15, -0.1) is 11.8 Å². The first-order valence-corrected chi connectivity index (χ1v) is 13.1. The van der Waals surface area contributed by atoms with Crippen molar-refractivity contribution in [3.63, 3.8) is 0 Å². The van der Waals surface area contributed by atoms with Gasteiger partial charge in [0, 0.05) is 21.5 Å². The molecule has 3 heterocycles. The quantitative estimate of drug-likeness (QED) is 0.316. The fraction of sp³-hybridized carbons (Fsp3) is 0.435. The second kappa shape index (κ2) is 8.85. The molecule has 0 saturated carbocycles. The first-order chi connectivity index (χ1) is 14.7. The molecule has 0 spiro atoms. The molecule has 1 aromatic carbocycles. The van der Waals surface area contributed by atoms with E-state index in [1.54, 1.807) is 35.3 Å². The molecule has 0 amide bonds. The Morgan fingerprint density at radius 2 is 2.10 bits per heavy atom. The third-order valence-corrected chi connectivity index (χ3v) is 9.04. The maximum absolute atomic E-state index is 6.37. The lowest BCUT2D eigenvalue weighted by atomic mass is 9.87. The van der Waals surface area contributed by atoms with Gasteiger partial charge in [-0.2, -0.15) is 0 Å². The number of thioether (sulfide) groups is 2. The fourth-order valence-electron chi connectivity index (χ4n) is 4.58. The van der Waals surface area contributed by atoms with Crippen molar-refractivity contribution >= 4 is 52.4 Å². The van der Waals surface area contributed by atoms with Gasteiger partial charge in [0.25, 0.3) is 0 Å². The van der Waals surface area contributed by atoms with Crippen LogP contribution < -0.4 is 0 Å². The highest BCUT2D eigenvalue weighted by molar-refractivity contribution is 8.02. The molecule has 0 fully saturated rings. The molecule has 1 aromatic heterocycles. The summed E-state index contributed by atoms with van der Waals surface area (Å²) in [4.78, 5) is 15.8. The number of fused-ring (bicyclic) bond motifs is 4. The van der Waals surface area contributed by atoms with Crippen LogP contribution in [0.25, 0.3) is 0 Å². The Hall–Kier alpha value is -1.01. The van der Waals surface area contributed by atoms with Gasteiger partial charge in [-0.25, -0.2) is 9.97 Å². The molecule has 156 valence electrons. The van der Waals surface area contributed by atoms with E-state index in [0.717, 1.165) is 22.8 Å². The van der Waals surface area contributed by atoms with Crippen LogP contribution in [0.15, 0.2) is 50.6 Å². The maximum Gasteiger partial charge on any atom is 0.117 e. The monoisotopic (exact) mass is 475 g/mol. The molecule has 3 aliphatic rings. The lowest BCUT2D eigenvalue weighted by Gasteiger charge is -2.26. The molecule has 5 rings (SSSR count). The van der Waals surface area contributed by atoms with E-state index < -0.39 is 0 Å². The number of halogens is 2. The largest absolute Gasteiger partial charge is 0.274 e. The number of unbranched alkanes of at least 4 members (excludes halogenated alkanes) is 1. The smallest absolute Gasteiger partial charge is 0.117 e. The van der Waals surface area contributed by atoms with Crippen LogP contribution in [0.1, 0.15) is 62.6 Å². The summed E-state index contributed by atoms with van der Waals surface area (Å²) in [5, 5.41) is 2.62. The van der Waals surface area contributed by atoms with Crippen molar-refractivity contribution in [1.82, 2.24) is 9.97 Å². The molecule has 0 radical (unpaired) electrons. The molecule has 3 nitrogen and oxygen atoms in total. The van der Waals surface area contributed by atoms with Gasteiger partial charge in [0.2, 0.25) is 0 Å². The number of hydrogen-bond donors (Lipinski definition) is 0. The van der Waals surface area contributed by atoms with E-state index in [1.807, 2.05) is 23.9 Å². The lowest BCUT2D eigenvalue weighted by Crippen LogP contribution is -2.21. The Morgan fingerprint density at radius 3 is 2.93 bits per heavy atom. The van der Waals surface area contributed by atoms with Crippen molar-refractivity contribution in [2.24, 2.45) is 4.99 Å². The van der Waals surface area contributed by atoms with Crippen molar-refractivity contribution in [3.8, 4) is 0 Å². The predicted octanol–water partition coefficient (Wildman–Crippen LogP) is 7.72. The van der Waals surface area contributed by atoms with E-state index in [1.165, 1.54) is 48.4 Å². The second-order valence-electron chi connectivity index (χ2n) is 7.94. The molecule has 30 heavy (non-hydrogen) atoms. The van der Waals surface area contributed by atoms with Crippen molar-refractivity contribution in [2.45, 2.75) is 72.4 Å². The number of nitrogens with zero attached hydrogens (tertiary/aromatic N) is 3. The van der Waals surface area contributed by atoms with E-state index >= 15 is 0 Å². The Labute approximate surface area is 196 Å². The zero-order chi connectivity index (χ0) is 20.7. The molecule has 2 atom stereocenters. The minimum atomic E-state index is 0.221. The van der Waals surface area contributed by atoms with Gasteiger partial charge in [0.1, 0.15) is 16.7 Å². The van der Waals surface area contributed by atoms with E-state index in [2.05, 4.69) is 11.9 Å². The van der Waals surface area contributed by atoms with Gasteiger partial charge >= 0.3 is 0 Å². The maximum atomic E-state index is 6.37. The Bertz CT molecular complexity index is 1050. The van der Waals surface area contributed by atoms with Crippen LogP contribution in [0.5, 0.6) is 0 Å². The molecule has 7 heteroatoms. The summed E-state index contributed by atoms with van der Waals surface area (Å²) in [6, 6.07) is 5.68. The van der Waals surface area contributed by atoms with Gasteiger partial charge in [0.05, 0.1) is 16.5 Å². The molecule has 0 saturated heterocycles. The number of aliphatic imine (C=N–C) groups is 1. The number of benzene rings is 1. The third kappa shape index (κ3) is 3.83. The van der Waals surface area contributed by atoms with Crippen molar-refractivity contribution in [2.75, 3.05) is 0 Å². The number of hydrogen-bond acceptors (Lipinski definition) is 5. The van der Waals surface area contributed by atoms with Crippen LogP contribution in [-0.2, 0) is 5.75 Å². The zero-order valence-electron chi connectivity index (χ0n) is 16.8. The summed E-state index contributed by atoms with van der Waals surface area (Å²) < 4.78 is 0. The van der Waals surface area contributed by atoms with E-state index in [0.29, 0.717) is 16.0 Å². The standard InChI is InChI=1S/C23H23Cl2N3S2/c1-2-3-7-18-15-5-4-6-16(15)19-20-21(30-22(19)28-18)23(27-12-26-20)29-11-13-8-9-14(24)10-17(13)25/h8-10,12,19,22H,2-7,11H2,1H3/t19-,22+/m0/s1. The third-order valence-electron chi connectivity index (χ3n) is 6.03. The van der Waals surface area contributed by atoms with Crippen LogP contribution in [0.2, 0.25) is 10.0 Å². The van der Waals surface area contributed by atoms with Crippen LogP contribution in [-0.4, -0.2) is 21.1 Å². The van der Waals surface area contributed by atoms with Crippen LogP contribution in [0.4, 0.5) is 0 Å². The summed E-state index contributed by atoms with van der Waals surface area (Å²) in [5.74, 6) is 1.09. The number of dihydropyridines is 1. The van der Waals surface area contributed by atoms with Crippen molar-refractivity contribution in [3.05, 3.63) is 57.0 Å². The van der Waals surface area contributed by atoms with Gasteiger partial charge in [-0.3, -0.25) is 4.99 Å². The molecule has 0 N–H and O–H groups in total. The highest BCUT2D eigenvalue weighted by atomic mass is 35.5. The SMILES string of the molecule is CCCCC1=N[C@@H]2Sc3c(SCc4ccc(Cl)cc4Cl)ncnc3[C@@H]2C2=C1CCC2. The Kier molecular flexibility index (Phi) is 6.16. The Morgan fingerprint density at radius 1 is 1.20 bits per heavy atom. The minimum Gasteiger partial charge on any atom is -0.274 e. The summed E-state index contributed by atoms with van der Waals surface area (Å²) in [6.07, 6.45) is 8.88. The number of rotatable bonds is 6. The lowest BCUT2D eigenvalue weighted by molar-refractivity contribution is 0.687. The first kappa shape index (κ1) is 20.9. The van der Waals surface area contributed by atoms with E-state index in [9.17, 15) is 0 Å². The molecule has 2 aliphatic heterocycles. The van der Waals surface area contributed by atoms with Crippen molar-refractivity contribution in [1.29, 1.82) is 0 Å². The molecule has 2 aromatic rings. The summed E-state index contributed by atoms with van der Waals surface area (Å²) in [5.41, 5.74) is 6.75. The Balaban J connectivity index is 1.43. The molecule has 1 aliphatic carbocycles. The number of allylic oxidation sites excluding steroid dienone is 1. The van der Waals surface area contributed by atoms with Crippen molar-refractivity contribution < 1.29 is 0 Å². The zero-order valence-corrected chi connectivity index (χ0v) is 20.0. The van der Waals surface area contributed by atoms with Crippen LogP contribution >= 0.6 is 46.7 Å². The van der Waals surface area contributed by atoms with Gasteiger partial charge in [-0.05, 0) is 55.4 Å². The number of aromatic nitrogens is 2. The average molecular weight is 476 g/mol. The summed E-state index contributed by atoms with van der Waals surface area (Å²) in [7, 11) is 0. The second-order valence-corrected chi connectivity index (χ2v) is 10.9. The normalized spacial score (nSPS) is 22.0. The molecular formula is C23H23Cl2N3S2. The van der Waals surface area contributed by atoms with Crippen LogP contribution in [0, 0.1) is 0 Å². The first-order valence-electron chi connectivity index (χ1n) is 10.5. The van der Waals surface area contributed by atoms with E-state index in [4.69, 9.17) is 33.2 Å². The highest BCUT2D eigenvalue weighted by Gasteiger charge is 2.44. The molecular weight excluding hydrogens is 453 g/mol. The highest BCUT2D eigenvalue weighted by Crippen LogP contribution is 2.56. The molecule has 0 unspecified atom stereocenters. The minimum absolute atomic E-state index is 0.221. The average Bonchev–Trinajstić information content (AvgIpc) is 3.36. The van der Waals surface area contributed by atoms with Gasteiger partial charge < -0.3 is 0 Å². The van der Waals surface area contributed by atoms with Gasteiger partial charge in [-0.1, -0.05) is 59.9 Å². The summed E-state index contributed by atoms with van der Waals surface area (Å²) >= 11 is 16.0. The predicted molar refractivity (Wildman–Crippen MR) is 128 cm³/mol. The topological polar surface area (TPSA) is 38.1 Å². The van der Waals surface area contributed by atoms with E-state index in [-0.39, 0.29) is 5.37 Å². The van der Waals surface area contributed by atoms with Crippen LogP contribution in [0.3, 0.4) is 0 Å².